The largest absolute Gasteiger partial charge is 0.497 e. The quantitative estimate of drug-likeness (QED) is 0.866. The summed E-state index contributed by atoms with van der Waals surface area (Å²) in [4.78, 5) is 0. The van der Waals surface area contributed by atoms with E-state index >= 15 is 0 Å². The van der Waals surface area contributed by atoms with Crippen LogP contribution in [0.5, 0.6) is 5.75 Å². The van der Waals surface area contributed by atoms with Gasteiger partial charge in [-0.1, -0.05) is 36.8 Å². The van der Waals surface area contributed by atoms with E-state index < -0.39 is 0 Å². The SMILES string of the molecule is CCNC(Cc1cccc(OC)c1)c1cc(C)ccc1F. The normalized spacial score (nSPS) is 12.2. The molecular formula is C18H22FNO. The van der Waals surface area contributed by atoms with Crippen LogP contribution in [0.3, 0.4) is 0 Å². The Morgan fingerprint density at radius 3 is 2.71 bits per heavy atom. The van der Waals surface area contributed by atoms with Gasteiger partial charge in [0.05, 0.1) is 7.11 Å². The first-order chi connectivity index (χ1) is 10.1. The van der Waals surface area contributed by atoms with Gasteiger partial charge in [0.1, 0.15) is 11.6 Å². The summed E-state index contributed by atoms with van der Waals surface area (Å²) in [7, 11) is 1.65. The van der Waals surface area contributed by atoms with Gasteiger partial charge >= 0.3 is 0 Å². The number of aryl methyl sites for hydroxylation is 1. The maximum absolute atomic E-state index is 14.1. The molecule has 112 valence electrons. The summed E-state index contributed by atoms with van der Waals surface area (Å²) >= 11 is 0. The maximum Gasteiger partial charge on any atom is 0.128 e. The molecule has 0 saturated carbocycles. The number of methoxy groups -OCH3 is 1. The van der Waals surface area contributed by atoms with E-state index in [0.29, 0.717) is 0 Å². The number of likely N-dealkylation sites (N-methyl/N-ethyl adjacent to an activating group) is 1. The zero-order chi connectivity index (χ0) is 15.2. The standard InChI is InChI=1S/C18H22FNO/c1-4-20-18(16-10-13(2)8-9-17(16)19)12-14-6-5-7-15(11-14)21-3/h5-11,18,20H,4,12H2,1-3H3. The van der Waals surface area contributed by atoms with Gasteiger partial charge in [-0.3, -0.25) is 0 Å². The molecule has 2 rings (SSSR count). The summed E-state index contributed by atoms with van der Waals surface area (Å²) in [6.07, 6.45) is 0.728. The molecule has 21 heavy (non-hydrogen) atoms. The fourth-order valence-corrected chi connectivity index (χ4v) is 2.50. The van der Waals surface area contributed by atoms with E-state index in [9.17, 15) is 4.39 Å². The lowest BCUT2D eigenvalue weighted by Crippen LogP contribution is -2.24. The van der Waals surface area contributed by atoms with E-state index in [2.05, 4.69) is 5.32 Å². The molecule has 1 atom stereocenters. The van der Waals surface area contributed by atoms with Crippen LogP contribution in [-0.4, -0.2) is 13.7 Å². The van der Waals surface area contributed by atoms with Crippen LogP contribution in [0.2, 0.25) is 0 Å². The van der Waals surface area contributed by atoms with Gasteiger partial charge < -0.3 is 10.1 Å². The number of nitrogens with one attached hydrogen (secondary N) is 1. The number of hydrogen-bond acceptors (Lipinski definition) is 2. The van der Waals surface area contributed by atoms with Crippen molar-refractivity contribution < 1.29 is 9.13 Å². The zero-order valence-electron chi connectivity index (χ0n) is 12.8. The molecule has 0 bridgehead atoms. The average Bonchev–Trinajstić information content (AvgIpc) is 2.49. The fourth-order valence-electron chi connectivity index (χ4n) is 2.50. The number of ether oxygens (including phenoxy) is 1. The second-order valence-electron chi connectivity index (χ2n) is 5.19. The van der Waals surface area contributed by atoms with Gasteiger partial charge in [0.15, 0.2) is 0 Å². The molecule has 0 spiro atoms. The van der Waals surface area contributed by atoms with Gasteiger partial charge in [0.2, 0.25) is 0 Å². The Morgan fingerprint density at radius 2 is 2.00 bits per heavy atom. The lowest BCUT2D eigenvalue weighted by atomic mass is 9.97. The lowest BCUT2D eigenvalue weighted by molar-refractivity contribution is 0.413. The smallest absolute Gasteiger partial charge is 0.128 e. The Labute approximate surface area is 126 Å². The van der Waals surface area contributed by atoms with Crippen molar-refractivity contribution in [2.24, 2.45) is 0 Å². The van der Waals surface area contributed by atoms with Crippen molar-refractivity contribution >= 4 is 0 Å². The van der Waals surface area contributed by atoms with Crippen molar-refractivity contribution in [1.82, 2.24) is 5.32 Å². The van der Waals surface area contributed by atoms with Gasteiger partial charge in [-0.05, 0) is 43.7 Å². The molecule has 0 aliphatic heterocycles. The first-order valence-corrected chi connectivity index (χ1v) is 7.26. The highest BCUT2D eigenvalue weighted by Crippen LogP contribution is 2.24. The summed E-state index contributed by atoms with van der Waals surface area (Å²) in [5.74, 6) is 0.668. The topological polar surface area (TPSA) is 21.3 Å². The van der Waals surface area contributed by atoms with Gasteiger partial charge in [-0.25, -0.2) is 4.39 Å². The third-order valence-electron chi connectivity index (χ3n) is 3.55. The van der Waals surface area contributed by atoms with E-state index in [1.54, 1.807) is 19.2 Å². The molecule has 2 aromatic carbocycles. The van der Waals surface area contributed by atoms with E-state index in [-0.39, 0.29) is 11.9 Å². The van der Waals surface area contributed by atoms with Crippen molar-refractivity contribution in [2.45, 2.75) is 26.3 Å². The van der Waals surface area contributed by atoms with Crippen molar-refractivity contribution in [3.63, 3.8) is 0 Å². The van der Waals surface area contributed by atoms with Crippen LogP contribution in [0.25, 0.3) is 0 Å². The molecule has 2 aromatic rings. The van der Waals surface area contributed by atoms with Crippen LogP contribution in [-0.2, 0) is 6.42 Å². The molecule has 0 aliphatic carbocycles. The van der Waals surface area contributed by atoms with E-state index in [4.69, 9.17) is 4.74 Å². The summed E-state index contributed by atoms with van der Waals surface area (Å²) in [5.41, 5.74) is 2.92. The van der Waals surface area contributed by atoms with Crippen LogP contribution in [0.4, 0.5) is 4.39 Å². The summed E-state index contributed by atoms with van der Waals surface area (Å²) < 4.78 is 19.4. The Hall–Kier alpha value is -1.87. The Kier molecular flexibility index (Phi) is 5.34. The highest BCUT2D eigenvalue weighted by molar-refractivity contribution is 5.32. The first kappa shape index (κ1) is 15.5. The predicted octanol–water partition coefficient (Wildman–Crippen LogP) is 4.04. The molecular weight excluding hydrogens is 265 g/mol. The predicted molar refractivity (Wildman–Crippen MR) is 84.3 cm³/mol. The zero-order valence-corrected chi connectivity index (χ0v) is 12.8. The Balaban J connectivity index is 2.28. The molecule has 0 aliphatic rings. The summed E-state index contributed by atoms with van der Waals surface area (Å²) in [5, 5.41) is 3.37. The number of halogens is 1. The van der Waals surface area contributed by atoms with Gasteiger partial charge in [-0.2, -0.15) is 0 Å². The minimum Gasteiger partial charge on any atom is -0.497 e. The number of rotatable bonds is 6. The molecule has 1 unspecified atom stereocenters. The number of benzene rings is 2. The summed E-state index contributed by atoms with van der Waals surface area (Å²) in [6.45, 7) is 4.81. The van der Waals surface area contributed by atoms with Crippen LogP contribution in [0, 0.1) is 12.7 Å². The third kappa shape index (κ3) is 4.05. The molecule has 0 aromatic heterocycles. The highest BCUT2D eigenvalue weighted by Gasteiger charge is 2.16. The van der Waals surface area contributed by atoms with E-state index in [0.717, 1.165) is 35.4 Å². The van der Waals surface area contributed by atoms with Crippen LogP contribution < -0.4 is 10.1 Å². The maximum atomic E-state index is 14.1. The second kappa shape index (κ2) is 7.23. The second-order valence-corrected chi connectivity index (χ2v) is 5.19. The molecule has 0 fully saturated rings. The molecule has 3 heteroatoms. The molecule has 0 radical (unpaired) electrons. The third-order valence-corrected chi connectivity index (χ3v) is 3.55. The molecule has 0 saturated heterocycles. The van der Waals surface area contributed by atoms with Crippen LogP contribution >= 0.6 is 0 Å². The van der Waals surface area contributed by atoms with E-state index in [1.165, 1.54) is 0 Å². The number of hydrogen-bond donors (Lipinski definition) is 1. The van der Waals surface area contributed by atoms with Crippen molar-refractivity contribution in [2.75, 3.05) is 13.7 Å². The first-order valence-electron chi connectivity index (χ1n) is 7.26. The average molecular weight is 287 g/mol. The van der Waals surface area contributed by atoms with Gasteiger partial charge in [0.25, 0.3) is 0 Å². The summed E-state index contributed by atoms with van der Waals surface area (Å²) in [6, 6.07) is 13.1. The van der Waals surface area contributed by atoms with Crippen LogP contribution in [0.15, 0.2) is 42.5 Å². The van der Waals surface area contributed by atoms with E-state index in [1.807, 2.05) is 44.2 Å². The Morgan fingerprint density at radius 1 is 1.19 bits per heavy atom. The van der Waals surface area contributed by atoms with Gasteiger partial charge in [-0.15, -0.1) is 0 Å². The Bertz CT molecular complexity index is 598. The fraction of sp³-hybridized carbons (Fsp3) is 0.333. The van der Waals surface area contributed by atoms with Crippen molar-refractivity contribution in [1.29, 1.82) is 0 Å². The van der Waals surface area contributed by atoms with Crippen LogP contribution in [0.1, 0.15) is 29.7 Å². The highest BCUT2D eigenvalue weighted by atomic mass is 19.1. The molecule has 1 N–H and O–H groups in total. The minimum absolute atomic E-state index is 0.0398. The van der Waals surface area contributed by atoms with Crippen molar-refractivity contribution in [3.05, 3.63) is 65.0 Å². The lowest BCUT2D eigenvalue weighted by Gasteiger charge is -2.20. The van der Waals surface area contributed by atoms with Gasteiger partial charge in [0, 0.05) is 11.6 Å². The minimum atomic E-state index is -0.158. The van der Waals surface area contributed by atoms with Crippen molar-refractivity contribution in [3.8, 4) is 5.75 Å². The monoisotopic (exact) mass is 287 g/mol. The molecule has 0 heterocycles. The molecule has 0 amide bonds. The molecule has 2 nitrogen and oxygen atoms in total.